The van der Waals surface area contributed by atoms with E-state index in [1.165, 1.54) is 30.2 Å². The number of benzene rings is 1. The van der Waals surface area contributed by atoms with Crippen molar-refractivity contribution in [1.29, 1.82) is 5.26 Å². The minimum Gasteiger partial charge on any atom is -0.492 e. The van der Waals surface area contributed by atoms with E-state index in [0.717, 1.165) is 35.0 Å². The Balaban J connectivity index is 1.82. The van der Waals surface area contributed by atoms with Gasteiger partial charge in [0, 0.05) is 47.1 Å². The SMILES string of the molecule is N#Cc1cc(C(F)(F)F)ncc1-c1cc(S(=O)(=O)N2C=CSC(C3=CC=CCC3)=C2)c(OCCCC(=O)O)cc1Cl. The van der Waals surface area contributed by atoms with Crippen LogP contribution in [-0.4, -0.2) is 35.4 Å². The lowest BCUT2D eigenvalue weighted by molar-refractivity contribution is -0.141. The highest BCUT2D eigenvalue weighted by Gasteiger charge is 2.34. The number of ether oxygens (including phenoxy) is 1. The molecule has 0 saturated carbocycles. The Morgan fingerprint density at radius 1 is 1.27 bits per heavy atom. The third-order valence-corrected chi connectivity index (χ3v) is 8.81. The van der Waals surface area contributed by atoms with Crippen molar-refractivity contribution in [1.82, 2.24) is 9.29 Å². The maximum Gasteiger partial charge on any atom is 0.433 e. The fourth-order valence-electron chi connectivity index (χ4n) is 3.96. The number of allylic oxidation sites excluding steroid dienone is 4. The lowest BCUT2D eigenvalue weighted by Gasteiger charge is -2.24. The molecule has 2 aliphatic rings. The summed E-state index contributed by atoms with van der Waals surface area (Å²) in [5.41, 5.74) is -0.930. The standard InChI is InChI=1S/C27H21ClF3N3O5S2/c28-21-13-22(39-9-4-7-26(35)36)24(12-19(21)20-15-33-25(27(29,30)31)11-18(20)14-32)41(37,38)34-8-10-40-23(16-34)17-5-2-1-3-6-17/h1-2,5,8,10-13,15-16H,3-4,6-7,9H2,(H,35,36). The number of carboxylic acids is 1. The molecule has 1 aromatic carbocycles. The first-order valence-electron chi connectivity index (χ1n) is 12.0. The average Bonchev–Trinajstić information content (AvgIpc) is 2.95. The topological polar surface area (TPSA) is 121 Å². The number of carboxylic acid groups (broad SMARTS) is 1. The smallest absolute Gasteiger partial charge is 0.433 e. The van der Waals surface area contributed by atoms with Crippen molar-refractivity contribution in [2.24, 2.45) is 0 Å². The van der Waals surface area contributed by atoms with E-state index in [2.05, 4.69) is 4.98 Å². The van der Waals surface area contributed by atoms with Crippen LogP contribution in [-0.2, 0) is 21.0 Å². The number of nitriles is 1. The third-order valence-electron chi connectivity index (χ3n) is 5.96. The van der Waals surface area contributed by atoms with Crippen molar-refractivity contribution in [3.63, 3.8) is 0 Å². The zero-order valence-electron chi connectivity index (χ0n) is 21.1. The largest absolute Gasteiger partial charge is 0.492 e. The molecular weight excluding hydrogens is 603 g/mol. The first kappa shape index (κ1) is 30.2. The van der Waals surface area contributed by atoms with Gasteiger partial charge in [0.05, 0.1) is 23.3 Å². The molecule has 8 nitrogen and oxygen atoms in total. The highest BCUT2D eigenvalue weighted by molar-refractivity contribution is 8.06. The van der Waals surface area contributed by atoms with Gasteiger partial charge in [-0.3, -0.25) is 9.78 Å². The number of thioether (sulfide) groups is 1. The molecule has 2 heterocycles. The minimum atomic E-state index is -4.80. The van der Waals surface area contributed by atoms with Gasteiger partial charge in [-0.1, -0.05) is 41.6 Å². The van der Waals surface area contributed by atoms with Crippen LogP contribution < -0.4 is 4.74 Å². The molecule has 0 radical (unpaired) electrons. The van der Waals surface area contributed by atoms with Crippen LogP contribution in [0, 0.1) is 11.3 Å². The van der Waals surface area contributed by atoms with Gasteiger partial charge in [-0.25, -0.2) is 12.7 Å². The zero-order valence-corrected chi connectivity index (χ0v) is 23.4. The maximum atomic E-state index is 14.0. The van der Waals surface area contributed by atoms with Crippen LogP contribution in [0.5, 0.6) is 5.75 Å². The molecule has 214 valence electrons. The molecule has 0 spiro atoms. The number of rotatable bonds is 9. The number of alkyl halides is 3. The Morgan fingerprint density at radius 2 is 2.05 bits per heavy atom. The molecular formula is C27H21ClF3N3O5S2. The summed E-state index contributed by atoms with van der Waals surface area (Å²) in [6.07, 6.45) is 5.94. The number of aromatic nitrogens is 1. The monoisotopic (exact) mass is 623 g/mol. The number of nitrogens with zero attached hydrogens (tertiary/aromatic N) is 3. The van der Waals surface area contributed by atoms with E-state index in [4.69, 9.17) is 21.4 Å². The second kappa shape index (κ2) is 12.4. The molecule has 0 amide bonds. The summed E-state index contributed by atoms with van der Waals surface area (Å²) in [6, 6.07) is 4.53. The van der Waals surface area contributed by atoms with E-state index in [1.807, 2.05) is 18.2 Å². The predicted molar refractivity (Wildman–Crippen MR) is 147 cm³/mol. The van der Waals surface area contributed by atoms with Crippen molar-refractivity contribution in [3.05, 3.63) is 87.2 Å². The van der Waals surface area contributed by atoms with E-state index < -0.39 is 33.4 Å². The lowest BCUT2D eigenvalue weighted by atomic mass is 10.0. The fourth-order valence-corrected chi connectivity index (χ4v) is 6.53. The summed E-state index contributed by atoms with van der Waals surface area (Å²) < 4.78 is 74.2. The first-order chi connectivity index (χ1) is 19.4. The molecule has 1 N–H and O–H groups in total. The van der Waals surface area contributed by atoms with Crippen molar-refractivity contribution in [2.45, 2.75) is 36.8 Å². The Hall–Kier alpha value is -3.73. The predicted octanol–water partition coefficient (Wildman–Crippen LogP) is 6.86. The van der Waals surface area contributed by atoms with Crippen LogP contribution in [0.4, 0.5) is 13.2 Å². The molecule has 0 unspecified atom stereocenters. The molecule has 2 aromatic rings. The van der Waals surface area contributed by atoms with Gasteiger partial charge < -0.3 is 9.84 Å². The number of hydrogen-bond donors (Lipinski definition) is 1. The van der Waals surface area contributed by atoms with Gasteiger partial charge in [0.25, 0.3) is 10.0 Å². The molecule has 1 aromatic heterocycles. The normalized spacial score (nSPS) is 15.2. The second-order valence-electron chi connectivity index (χ2n) is 8.74. The Morgan fingerprint density at radius 3 is 2.71 bits per heavy atom. The zero-order chi connectivity index (χ0) is 29.8. The van der Waals surface area contributed by atoms with Crippen molar-refractivity contribution in [2.75, 3.05) is 6.61 Å². The van der Waals surface area contributed by atoms with Crippen molar-refractivity contribution >= 4 is 39.4 Å². The maximum absolute atomic E-state index is 14.0. The van der Waals surface area contributed by atoms with Gasteiger partial charge in [0.2, 0.25) is 0 Å². The van der Waals surface area contributed by atoms with Crippen LogP contribution in [0.15, 0.2) is 75.8 Å². The summed E-state index contributed by atoms with van der Waals surface area (Å²) in [5.74, 6) is -1.25. The highest BCUT2D eigenvalue weighted by atomic mass is 35.5. The van der Waals surface area contributed by atoms with Crippen LogP contribution in [0.25, 0.3) is 11.1 Å². The van der Waals surface area contributed by atoms with E-state index >= 15 is 0 Å². The summed E-state index contributed by atoms with van der Waals surface area (Å²) in [6.45, 7) is -0.151. The molecule has 41 heavy (non-hydrogen) atoms. The number of pyridine rings is 1. The van der Waals surface area contributed by atoms with Gasteiger partial charge in [-0.05, 0) is 42.4 Å². The van der Waals surface area contributed by atoms with E-state index in [0.29, 0.717) is 11.0 Å². The molecule has 1 aliphatic carbocycles. The van der Waals surface area contributed by atoms with Gasteiger partial charge in [-0.15, -0.1) is 0 Å². The lowest BCUT2D eigenvalue weighted by Crippen LogP contribution is -2.23. The first-order valence-corrected chi connectivity index (χ1v) is 14.7. The van der Waals surface area contributed by atoms with Gasteiger partial charge >= 0.3 is 12.1 Å². The molecule has 0 saturated heterocycles. The number of carbonyl (C=O) groups is 1. The molecule has 0 atom stereocenters. The third kappa shape index (κ3) is 6.95. The van der Waals surface area contributed by atoms with E-state index in [-0.39, 0.29) is 46.2 Å². The van der Waals surface area contributed by atoms with E-state index in [9.17, 15) is 31.6 Å². The van der Waals surface area contributed by atoms with Crippen LogP contribution >= 0.6 is 23.4 Å². The second-order valence-corrected chi connectivity index (χ2v) is 11.9. The van der Waals surface area contributed by atoms with Crippen molar-refractivity contribution < 1.29 is 36.2 Å². The summed E-state index contributed by atoms with van der Waals surface area (Å²) in [7, 11) is -4.39. The quantitative estimate of drug-likeness (QED) is 0.301. The molecule has 0 bridgehead atoms. The average molecular weight is 624 g/mol. The molecule has 4 rings (SSSR count). The fraction of sp³-hybridized carbons (Fsp3) is 0.222. The van der Waals surface area contributed by atoms with Gasteiger partial charge in [0.15, 0.2) is 0 Å². The van der Waals surface area contributed by atoms with Crippen LogP contribution in [0.3, 0.4) is 0 Å². The van der Waals surface area contributed by atoms with Gasteiger partial charge in [0.1, 0.15) is 16.3 Å². The number of hydrogen-bond acceptors (Lipinski definition) is 7. The Bertz CT molecular complexity index is 1640. The summed E-state index contributed by atoms with van der Waals surface area (Å²) >= 11 is 7.78. The highest BCUT2D eigenvalue weighted by Crippen LogP contribution is 2.41. The summed E-state index contributed by atoms with van der Waals surface area (Å²) in [5, 5.41) is 20.0. The van der Waals surface area contributed by atoms with Gasteiger partial charge in [-0.2, -0.15) is 18.4 Å². The van der Waals surface area contributed by atoms with Crippen LogP contribution in [0.2, 0.25) is 5.02 Å². The minimum absolute atomic E-state index is 0.0550. The molecule has 14 heteroatoms. The molecule has 1 aliphatic heterocycles. The van der Waals surface area contributed by atoms with E-state index in [1.54, 1.807) is 11.5 Å². The van der Waals surface area contributed by atoms with Crippen molar-refractivity contribution in [3.8, 4) is 22.9 Å². The Kier molecular flexibility index (Phi) is 9.16. The number of halogens is 4. The van der Waals surface area contributed by atoms with Crippen LogP contribution in [0.1, 0.15) is 36.9 Å². The number of aliphatic carboxylic acids is 1. The number of sulfonamides is 1. The molecule has 0 fully saturated rings. The Labute approximate surface area is 243 Å². The summed E-state index contributed by atoms with van der Waals surface area (Å²) in [4.78, 5) is 14.6.